The van der Waals surface area contributed by atoms with E-state index in [0.29, 0.717) is 12.3 Å². The molecule has 0 fully saturated rings. The van der Waals surface area contributed by atoms with E-state index in [1.54, 1.807) is 26.3 Å². The van der Waals surface area contributed by atoms with Crippen LogP contribution in [0.3, 0.4) is 0 Å². The van der Waals surface area contributed by atoms with E-state index in [1.807, 2.05) is 18.7 Å². The molecule has 4 rings (SSSR count). The Labute approximate surface area is 251 Å². The molecule has 3 aromatic carbocycles. The molecule has 232 valence electrons. The number of benzene rings is 3. The molecule has 0 aromatic heterocycles. The summed E-state index contributed by atoms with van der Waals surface area (Å²) in [6.45, 7) is 4.79. The number of anilines is 1. The van der Waals surface area contributed by atoms with Gasteiger partial charge in [-0.3, -0.25) is 14.4 Å². The zero-order valence-corrected chi connectivity index (χ0v) is 25.7. The van der Waals surface area contributed by atoms with Gasteiger partial charge < -0.3 is 19.1 Å². The van der Waals surface area contributed by atoms with Gasteiger partial charge in [-0.05, 0) is 55.3 Å². The maximum atomic E-state index is 14.6. The summed E-state index contributed by atoms with van der Waals surface area (Å²) < 4.78 is 74.4. The molecule has 0 radical (unpaired) electrons. The average molecular weight is 618 g/mol. The summed E-state index contributed by atoms with van der Waals surface area (Å²) in [5.41, 5.74) is 0.644. The first-order valence-electron chi connectivity index (χ1n) is 13.8. The van der Waals surface area contributed by atoms with Crippen molar-refractivity contribution in [2.24, 2.45) is 5.92 Å². The van der Waals surface area contributed by atoms with Crippen LogP contribution in [0.1, 0.15) is 29.8 Å². The summed E-state index contributed by atoms with van der Waals surface area (Å²) in [7, 11) is 0.682. The monoisotopic (exact) mass is 617 g/mol. The number of nitrogens with zero attached hydrogens (tertiary/aromatic N) is 2. The fraction of sp³-hybridized carbons (Fsp3) is 0.387. The van der Waals surface area contributed by atoms with Crippen LogP contribution in [0.15, 0.2) is 65.6 Å². The van der Waals surface area contributed by atoms with E-state index in [-0.39, 0.29) is 71.1 Å². The van der Waals surface area contributed by atoms with E-state index in [2.05, 4.69) is 4.72 Å². The standard InChI is InChI=1S/C31H37F2N3O6S/c1-20-16-36(17-22-13-23(32)9-12-28(22)33)21(2)19-42-29-14-24(10-11-27(29)31(37)35(3)18-30(20)41-5)34-43(38,39)26-8-6-7-25(15-26)40-4/h6-15,20-21,30,34H,16-19H2,1-5H3/t20-,21-,30-/m1/s1. The SMILES string of the molecule is COc1cccc(S(=O)(=O)Nc2ccc3c(c2)OC[C@@H](C)N(Cc2cc(F)ccc2F)C[C@@H](C)[C@H](OC)CN(C)C3=O)c1. The van der Waals surface area contributed by atoms with E-state index >= 15 is 0 Å². The molecule has 1 heterocycles. The highest BCUT2D eigenvalue weighted by molar-refractivity contribution is 7.92. The molecular formula is C31H37F2N3O6S. The molecule has 0 aliphatic carbocycles. The molecule has 3 aromatic rings. The number of sulfonamides is 1. The lowest BCUT2D eigenvalue weighted by molar-refractivity contribution is 0.00903. The highest BCUT2D eigenvalue weighted by Gasteiger charge is 2.29. The number of nitrogens with one attached hydrogen (secondary N) is 1. The fourth-order valence-corrected chi connectivity index (χ4v) is 6.08. The first-order chi connectivity index (χ1) is 20.4. The summed E-state index contributed by atoms with van der Waals surface area (Å²) in [6.07, 6.45) is -0.348. The van der Waals surface area contributed by atoms with E-state index < -0.39 is 21.7 Å². The molecule has 3 atom stereocenters. The minimum atomic E-state index is -3.99. The highest BCUT2D eigenvalue weighted by Crippen LogP contribution is 2.29. The molecule has 0 unspecified atom stereocenters. The zero-order chi connectivity index (χ0) is 31.3. The predicted octanol–water partition coefficient (Wildman–Crippen LogP) is 4.78. The van der Waals surface area contributed by atoms with Crippen LogP contribution in [0.2, 0.25) is 0 Å². The van der Waals surface area contributed by atoms with E-state index in [0.717, 1.165) is 12.1 Å². The minimum absolute atomic E-state index is 0.00455. The first kappa shape index (κ1) is 32.2. The number of methoxy groups -OCH3 is 2. The van der Waals surface area contributed by atoms with Crippen LogP contribution in [0.5, 0.6) is 11.5 Å². The molecule has 0 saturated carbocycles. The molecular weight excluding hydrogens is 580 g/mol. The molecule has 1 aliphatic heterocycles. The van der Waals surface area contributed by atoms with Crippen LogP contribution >= 0.6 is 0 Å². The Morgan fingerprint density at radius 2 is 1.79 bits per heavy atom. The highest BCUT2D eigenvalue weighted by atomic mass is 32.2. The normalized spacial score (nSPS) is 20.4. The summed E-state index contributed by atoms with van der Waals surface area (Å²) >= 11 is 0. The van der Waals surface area contributed by atoms with Crippen LogP contribution in [-0.4, -0.2) is 77.2 Å². The van der Waals surface area contributed by atoms with Crippen molar-refractivity contribution in [1.82, 2.24) is 9.80 Å². The lowest BCUT2D eigenvalue weighted by Gasteiger charge is -2.36. The van der Waals surface area contributed by atoms with Gasteiger partial charge in [0, 0.05) is 57.5 Å². The number of likely N-dealkylation sites (N-methyl/N-ethyl adjacent to an activating group) is 1. The summed E-state index contributed by atoms with van der Waals surface area (Å²) in [5.74, 6) is -0.882. The smallest absolute Gasteiger partial charge is 0.262 e. The molecule has 0 bridgehead atoms. The van der Waals surface area contributed by atoms with Gasteiger partial charge in [0.25, 0.3) is 15.9 Å². The van der Waals surface area contributed by atoms with Gasteiger partial charge in [-0.1, -0.05) is 13.0 Å². The Kier molecular flexibility index (Phi) is 10.3. The van der Waals surface area contributed by atoms with Crippen LogP contribution < -0.4 is 14.2 Å². The van der Waals surface area contributed by atoms with Crippen LogP contribution in [0, 0.1) is 17.6 Å². The number of amides is 1. The number of ether oxygens (including phenoxy) is 3. The number of carbonyl (C=O) groups is 1. The fourth-order valence-electron chi connectivity index (χ4n) is 5.00. The Balaban J connectivity index is 1.67. The maximum absolute atomic E-state index is 14.6. The second kappa shape index (κ2) is 13.7. The second-order valence-corrected chi connectivity index (χ2v) is 12.4. The Hall–Kier alpha value is -3.74. The van der Waals surface area contributed by atoms with Gasteiger partial charge in [-0.2, -0.15) is 0 Å². The van der Waals surface area contributed by atoms with E-state index in [1.165, 1.54) is 48.4 Å². The molecule has 0 spiro atoms. The summed E-state index contributed by atoms with van der Waals surface area (Å²) in [4.78, 5) is 17.0. The topological polar surface area (TPSA) is 97.4 Å². The third-order valence-electron chi connectivity index (χ3n) is 7.56. The second-order valence-electron chi connectivity index (χ2n) is 10.8. The van der Waals surface area contributed by atoms with E-state index in [4.69, 9.17) is 14.2 Å². The van der Waals surface area contributed by atoms with Crippen molar-refractivity contribution in [3.63, 3.8) is 0 Å². The zero-order valence-electron chi connectivity index (χ0n) is 24.8. The average Bonchev–Trinajstić information content (AvgIpc) is 2.98. The largest absolute Gasteiger partial charge is 0.497 e. The maximum Gasteiger partial charge on any atom is 0.262 e. The van der Waals surface area contributed by atoms with Gasteiger partial charge in [-0.25, -0.2) is 17.2 Å². The summed E-state index contributed by atoms with van der Waals surface area (Å²) in [6, 6.07) is 13.6. The Morgan fingerprint density at radius 1 is 1.02 bits per heavy atom. The molecule has 1 N–H and O–H groups in total. The number of halogens is 2. The van der Waals surface area contributed by atoms with Crippen LogP contribution in [0.25, 0.3) is 0 Å². The van der Waals surface area contributed by atoms with Crippen molar-refractivity contribution in [2.45, 2.75) is 37.4 Å². The van der Waals surface area contributed by atoms with Crippen LogP contribution in [-0.2, 0) is 21.3 Å². The van der Waals surface area contributed by atoms with Crippen molar-refractivity contribution in [3.8, 4) is 11.5 Å². The summed E-state index contributed by atoms with van der Waals surface area (Å²) in [5, 5.41) is 0. The minimum Gasteiger partial charge on any atom is -0.497 e. The van der Waals surface area contributed by atoms with Gasteiger partial charge in [0.05, 0.1) is 29.4 Å². The van der Waals surface area contributed by atoms with Crippen molar-refractivity contribution in [3.05, 3.63) is 83.4 Å². The number of fused-ring (bicyclic) bond motifs is 1. The van der Waals surface area contributed by atoms with Crippen LogP contribution in [0.4, 0.5) is 14.5 Å². The number of carbonyl (C=O) groups excluding carboxylic acids is 1. The number of hydrogen-bond acceptors (Lipinski definition) is 7. The van der Waals surface area contributed by atoms with E-state index in [9.17, 15) is 22.0 Å². The third kappa shape index (κ3) is 7.81. The van der Waals surface area contributed by atoms with Crippen molar-refractivity contribution in [1.29, 1.82) is 0 Å². The third-order valence-corrected chi connectivity index (χ3v) is 8.94. The van der Waals surface area contributed by atoms with Gasteiger partial charge in [0.15, 0.2) is 0 Å². The molecule has 0 saturated heterocycles. The lowest BCUT2D eigenvalue weighted by Crippen LogP contribution is -2.46. The van der Waals surface area contributed by atoms with Gasteiger partial charge in [0.2, 0.25) is 0 Å². The van der Waals surface area contributed by atoms with Gasteiger partial charge >= 0.3 is 0 Å². The van der Waals surface area contributed by atoms with Gasteiger partial charge in [-0.15, -0.1) is 0 Å². The Morgan fingerprint density at radius 3 is 2.51 bits per heavy atom. The number of hydrogen-bond donors (Lipinski definition) is 1. The molecule has 43 heavy (non-hydrogen) atoms. The van der Waals surface area contributed by atoms with Crippen molar-refractivity contribution < 1.29 is 36.2 Å². The lowest BCUT2D eigenvalue weighted by atomic mass is 10.0. The predicted molar refractivity (Wildman–Crippen MR) is 159 cm³/mol. The number of rotatable bonds is 7. The first-order valence-corrected chi connectivity index (χ1v) is 15.3. The van der Waals surface area contributed by atoms with Crippen molar-refractivity contribution >= 4 is 21.6 Å². The van der Waals surface area contributed by atoms with Gasteiger partial charge in [0.1, 0.15) is 29.7 Å². The molecule has 1 amide bonds. The molecule has 1 aliphatic rings. The van der Waals surface area contributed by atoms with Crippen molar-refractivity contribution in [2.75, 3.05) is 45.7 Å². The Bertz CT molecular complexity index is 1550. The molecule has 9 nitrogen and oxygen atoms in total. The molecule has 12 heteroatoms. The quantitative estimate of drug-likeness (QED) is 0.408.